The predicted octanol–water partition coefficient (Wildman–Crippen LogP) is 3.19. The Bertz CT molecular complexity index is 513. The van der Waals surface area contributed by atoms with Gasteiger partial charge in [0.15, 0.2) is 0 Å². The van der Waals surface area contributed by atoms with Crippen LogP contribution in [0.2, 0.25) is 0 Å². The molecule has 0 aliphatic carbocycles. The highest BCUT2D eigenvalue weighted by Crippen LogP contribution is 2.24. The maximum absolute atomic E-state index is 5.79. The Labute approximate surface area is 109 Å². The summed E-state index contributed by atoms with van der Waals surface area (Å²) in [6.07, 6.45) is 3.41. The lowest BCUT2D eigenvalue weighted by atomic mass is 10.0. The molecule has 1 heterocycles. The summed E-state index contributed by atoms with van der Waals surface area (Å²) in [6.45, 7) is 4.32. The molecule has 2 N–H and O–H groups in total. The Kier molecular flexibility index (Phi) is 4.02. The smallest absolute Gasteiger partial charge is 0.112 e. The van der Waals surface area contributed by atoms with Crippen molar-refractivity contribution in [3.05, 3.63) is 30.1 Å². The Hall–Kier alpha value is -1.35. The number of fused-ring (bicyclic) bond motifs is 1. The first-order valence-corrected chi connectivity index (χ1v) is 6.76. The lowest BCUT2D eigenvalue weighted by Gasteiger charge is -2.12. The molecule has 2 atom stereocenters. The number of rotatable bonds is 5. The molecular weight excluding hydrogens is 222 g/mol. The van der Waals surface area contributed by atoms with Crippen LogP contribution in [0.25, 0.3) is 11.0 Å². The van der Waals surface area contributed by atoms with Gasteiger partial charge in [0.1, 0.15) is 5.82 Å². The largest absolute Gasteiger partial charge is 0.331 e. The first-order valence-electron chi connectivity index (χ1n) is 6.76. The first-order chi connectivity index (χ1) is 8.59. The molecule has 2 rings (SSSR count). The van der Waals surface area contributed by atoms with Crippen LogP contribution in [-0.2, 0) is 7.05 Å². The molecule has 0 radical (unpaired) electrons. The van der Waals surface area contributed by atoms with Crippen LogP contribution in [0.3, 0.4) is 0 Å². The van der Waals surface area contributed by atoms with Crippen molar-refractivity contribution < 1.29 is 0 Å². The van der Waals surface area contributed by atoms with E-state index in [9.17, 15) is 0 Å². The minimum absolute atomic E-state index is 0.303. The fraction of sp³-hybridized carbons (Fsp3) is 0.533. The van der Waals surface area contributed by atoms with Gasteiger partial charge < -0.3 is 10.3 Å². The van der Waals surface area contributed by atoms with Crippen molar-refractivity contribution in [2.45, 2.75) is 45.1 Å². The predicted molar refractivity (Wildman–Crippen MR) is 76.6 cm³/mol. The van der Waals surface area contributed by atoms with Crippen molar-refractivity contribution in [2.24, 2.45) is 12.8 Å². The number of imidazole rings is 1. The summed E-state index contributed by atoms with van der Waals surface area (Å²) in [5, 5.41) is 0. The highest BCUT2D eigenvalue weighted by Gasteiger charge is 2.14. The maximum atomic E-state index is 5.79. The normalized spacial score (nSPS) is 14.9. The molecule has 3 nitrogen and oxygen atoms in total. The summed E-state index contributed by atoms with van der Waals surface area (Å²) in [6, 6.07) is 8.61. The molecule has 2 aromatic rings. The molecule has 0 bridgehead atoms. The van der Waals surface area contributed by atoms with Crippen molar-refractivity contribution in [2.75, 3.05) is 0 Å². The fourth-order valence-electron chi connectivity index (χ4n) is 2.48. The number of benzene rings is 1. The number of nitrogens with two attached hydrogens (primary N) is 1. The van der Waals surface area contributed by atoms with Gasteiger partial charge in [0.25, 0.3) is 0 Å². The highest BCUT2D eigenvalue weighted by molar-refractivity contribution is 5.75. The lowest BCUT2D eigenvalue weighted by Crippen LogP contribution is -2.14. The standard InChI is InChI=1S/C15H23N3/c1-11(7-6-8-12(2)16)15-17-13-9-4-5-10-14(13)18(15)3/h4-5,9-12H,6-8,16H2,1-3H3. The fourth-order valence-corrected chi connectivity index (χ4v) is 2.48. The van der Waals surface area contributed by atoms with Gasteiger partial charge in [-0.1, -0.05) is 25.5 Å². The van der Waals surface area contributed by atoms with E-state index >= 15 is 0 Å². The van der Waals surface area contributed by atoms with Crippen LogP contribution in [0, 0.1) is 0 Å². The third-order valence-electron chi connectivity index (χ3n) is 3.56. The van der Waals surface area contributed by atoms with Crippen molar-refractivity contribution in [1.29, 1.82) is 0 Å². The van der Waals surface area contributed by atoms with Crippen LogP contribution in [0.1, 0.15) is 44.9 Å². The van der Waals surface area contributed by atoms with Crippen LogP contribution < -0.4 is 5.73 Å². The van der Waals surface area contributed by atoms with Gasteiger partial charge in [-0.05, 0) is 31.9 Å². The summed E-state index contributed by atoms with van der Waals surface area (Å²) in [4.78, 5) is 4.74. The highest BCUT2D eigenvalue weighted by atomic mass is 15.1. The lowest BCUT2D eigenvalue weighted by molar-refractivity contribution is 0.535. The third-order valence-corrected chi connectivity index (χ3v) is 3.56. The van der Waals surface area contributed by atoms with Crippen molar-refractivity contribution in [3.63, 3.8) is 0 Å². The molecule has 0 fully saturated rings. The van der Waals surface area contributed by atoms with Crippen molar-refractivity contribution in [1.82, 2.24) is 9.55 Å². The average Bonchev–Trinajstić information content (AvgIpc) is 2.67. The zero-order chi connectivity index (χ0) is 13.1. The van der Waals surface area contributed by atoms with Gasteiger partial charge >= 0.3 is 0 Å². The summed E-state index contributed by atoms with van der Waals surface area (Å²) < 4.78 is 2.21. The molecule has 0 spiro atoms. The average molecular weight is 245 g/mol. The van der Waals surface area contributed by atoms with E-state index in [1.54, 1.807) is 0 Å². The molecule has 0 amide bonds. The van der Waals surface area contributed by atoms with E-state index in [4.69, 9.17) is 10.7 Å². The van der Waals surface area contributed by atoms with E-state index in [1.807, 2.05) is 6.07 Å². The Morgan fingerprint density at radius 1 is 1.22 bits per heavy atom. The molecule has 0 saturated carbocycles. The van der Waals surface area contributed by atoms with Crippen molar-refractivity contribution in [3.8, 4) is 0 Å². The minimum Gasteiger partial charge on any atom is -0.331 e. The summed E-state index contributed by atoms with van der Waals surface area (Å²) >= 11 is 0. The molecule has 0 aliphatic rings. The molecule has 18 heavy (non-hydrogen) atoms. The zero-order valence-electron chi connectivity index (χ0n) is 11.6. The molecular formula is C15H23N3. The molecule has 1 aromatic heterocycles. The topological polar surface area (TPSA) is 43.8 Å². The van der Waals surface area contributed by atoms with E-state index in [2.05, 4.69) is 43.7 Å². The van der Waals surface area contributed by atoms with E-state index in [1.165, 1.54) is 17.8 Å². The first kappa shape index (κ1) is 13.1. The molecule has 98 valence electrons. The van der Waals surface area contributed by atoms with Crippen LogP contribution in [0.15, 0.2) is 24.3 Å². The molecule has 0 aliphatic heterocycles. The Morgan fingerprint density at radius 3 is 2.61 bits per heavy atom. The summed E-state index contributed by atoms with van der Waals surface area (Å²) in [7, 11) is 2.10. The third kappa shape index (κ3) is 2.72. The molecule has 2 unspecified atom stereocenters. The minimum atomic E-state index is 0.303. The van der Waals surface area contributed by atoms with E-state index < -0.39 is 0 Å². The van der Waals surface area contributed by atoms with Crippen molar-refractivity contribution >= 4 is 11.0 Å². The van der Waals surface area contributed by atoms with Gasteiger partial charge in [-0.3, -0.25) is 0 Å². The monoisotopic (exact) mass is 245 g/mol. The number of para-hydroxylation sites is 2. The number of aromatic nitrogens is 2. The summed E-state index contributed by atoms with van der Waals surface area (Å²) in [5.74, 6) is 1.67. The van der Waals surface area contributed by atoms with Gasteiger partial charge in [-0.15, -0.1) is 0 Å². The molecule has 3 heteroatoms. The number of aryl methyl sites for hydroxylation is 1. The number of nitrogens with zero attached hydrogens (tertiary/aromatic N) is 2. The van der Waals surface area contributed by atoms with Gasteiger partial charge in [-0.2, -0.15) is 0 Å². The second-order valence-electron chi connectivity index (χ2n) is 5.33. The Morgan fingerprint density at radius 2 is 1.94 bits per heavy atom. The maximum Gasteiger partial charge on any atom is 0.112 e. The second-order valence-corrected chi connectivity index (χ2v) is 5.33. The van der Waals surface area contributed by atoms with Crippen LogP contribution >= 0.6 is 0 Å². The zero-order valence-corrected chi connectivity index (χ0v) is 11.6. The Balaban J connectivity index is 2.12. The van der Waals surface area contributed by atoms with E-state index in [0.29, 0.717) is 12.0 Å². The van der Waals surface area contributed by atoms with Gasteiger partial charge in [0.05, 0.1) is 11.0 Å². The second kappa shape index (κ2) is 5.53. The summed E-state index contributed by atoms with van der Waals surface area (Å²) in [5.41, 5.74) is 8.09. The van der Waals surface area contributed by atoms with Crippen LogP contribution in [0.4, 0.5) is 0 Å². The van der Waals surface area contributed by atoms with E-state index in [0.717, 1.165) is 18.4 Å². The van der Waals surface area contributed by atoms with Crippen LogP contribution in [0.5, 0.6) is 0 Å². The van der Waals surface area contributed by atoms with Gasteiger partial charge in [0, 0.05) is 19.0 Å². The van der Waals surface area contributed by atoms with Crippen LogP contribution in [-0.4, -0.2) is 15.6 Å². The SMILES string of the molecule is CC(N)CCCC(C)c1nc2ccccc2n1C. The van der Waals surface area contributed by atoms with Gasteiger partial charge in [-0.25, -0.2) is 4.98 Å². The van der Waals surface area contributed by atoms with E-state index in [-0.39, 0.29) is 0 Å². The molecule has 0 saturated heterocycles. The quantitative estimate of drug-likeness (QED) is 0.879. The number of hydrogen-bond donors (Lipinski definition) is 1. The van der Waals surface area contributed by atoms with Gasteiger partial charge in [0.2, 0.25) is 0 Å². The number of hydrogen-bond acceptors (Lipinski definition) is 2. The molecule has 1 aromatic carbocycles.